The van der Waals surface area contributed by atoms with Gasteiger partial charge in [0.2, 0.25) is 0 Å². The van der Waals surface area contributed by atoms with Gasteiger partial charge in [0.15, 0.2) is 9.84 Å². The molecule has 6 nitrogen and oxygen atoms in total. The van der Waals surface area contributed by atoms with E-state index in [0.717, 1.165) is 24.4 Å². The summed E-state index contributed by atoms with van der Waals surface area (Å²) in [5.74, 6) is 1.43. The van der Waals surface area contributed by atoms with E-state index in [4.69, 9.17) is 4.74 Å². The molecule has 0 saturated heterocycles. The lowest BCUT2D eigenvalue weighted by molar-refractivity contribution is 0.419. The molecule has 0 amide bonds. The summed E-state index contributed by atoms with van der Waals surface area (Å²) in [5, 5.41) is 3.82. The third-order valence-corrected chi connectivity index (χ3v) is 4.62. The largest absolute Gasteiger partial charge is 0.496 e. The second kappa shape index (κ2) is 5.07. The molecule has 0 spiro atoms. The Morgan fingerprint density at radius 2 is 2.24 bits per heavy atom. The Bertz CT molecular complexity index is 821. The number of hydrogen-bond donors (Lipinski definition) is 1. The molecule has 0 fully saturated rings. The number of nitrogens with one attached hydrogen (secondary N) is 1. The smallest absolute Gasteiger partial charge is 0.177 e. The fraction of sp³-hybridized carbons (Fsp3) is 0.357. The van der Waals surface area contributed by atoms with Crippen LogP contribution in [0.15, 0.2) is 34.3 Å². The van der Waals surface area contributed by atoms with Gasteiger partial charge in [-0.3, -0.25) is 4.99 Å². The summed E-state index contributed by atoms with van der Waals surface area (Å²) >= 11 is 0. The fourth-order valence-corrected chi connectivity index (χ4v) is 3.47. The van der Waals surface area contributed by atoms with Crippen LogP contribution in [0.3, 0.4) is 0 Å². The number of aromatic nitrogens is 1. The van der Waals surface area contributed by atoms with E-state index in [2.05, 4.69) is 10.3 Å². The van der Waals surface area contributed by atoms with E-state index in [0.29, 0.717) is 17.7 Å². The quantitative estimate of drug-likeness (QED) is 0.916. The lowest BCUT2D eigenvalue weighted by Gasteiger charge is -2.07. The van der Waals surface area contributed by atoms with E-state index in [1.165, 1.54) is 6.26 Å². The van der Waals surface area contributed by atoms with E-state index in [1.807, 2.05) is 16.7 Å². The first-order valence-electron chi connectivity index (χ1n) is 6.64. The van der Waals surface area contributed by atoms with Crippen molar-refractivity contribution in [3.8, 4) is 5.75 Å². The second-order valence-electron chi connectivity index (χ2n) is 5.00. The first-order valence-corrected chi connectivity index (χ1v) is 8.53. The minimum atomic E-state index is -3.34. The molecule has 2 heterocycles. The molecule has 1 N–H and O–H groups in total. The highest BCUT2D eigenvalue weighted by molar-refractivity contribution is 7.91. The molecule has 0 aliphatic carbocycles. The Balaban J connectivity index is 2.22. The number of methoxy groups -OCH3 is 1. The average Bonchev–Trinajstić information content (AvgIpc) is 3.06. The van der Waals surface area contributed by atoms with E-state index < -0.39 is 9.84 Å². The van der Waals surface area contributed by atoms with Crippen LogP contribution < -0.4 is 10.1 Å². The molecule has 21 heavy (non-hydrogen) atoms. The number of benzene rings is 1. The number of fused-ring (bicyclic) bond motifs is 1. The highest BCUT2D eigenvalue weighted by atomic mass is 32.2. The summed E-state index contributed by atoms with van der Waals surface area (Å²) in [6, 6.07) is 5.52. The molecule has 0 atom stereocenters. The maximum atomic E-state index is 12.1. The lowest BCUT2D eigenvalue weighted by atomic mass is 10.2. The number of ether oxygens (including phenoxy) is 1. The van der Waals surface area contributed by atoms with Crippen molar-refractivity contribution in [3.05, 3.63) is 24.4 Å². The van der Waals surface area contributed by atoms with E-state index in [1.54, 1.807) is 19.4 Å². The summed E-state index contributed by atoms with van der Waals surface area (Å²) in [5.41, 5.74) is 0.825. The molecular formula is C14H17N3O3S. The zero-order chi connectivity index (χ0) is 15.0. The van der Waals surface area contributed by atoms with Gasteiger partial charge in [0, 0.05) is 19.0 Å². The molecule has 1 aromatic heterocycles. The predicted molar refractivity (Wildman–Crippen MR) is 81.9 cm³/mol. The SMILES string of the molecule is COc1cccc2c1c(S(C)(=O)=O)cn2CC1=NCCN1. The first kappa shape index (κ1) is 13.9. The molecule has 0 radical (unpaired) electrons. The molecule has 0 bridgehead atoms. The Hall–Kier alpha value is -2.02. The molecule has 7 heteroatoms. The molecule has 0 saturated carbocycles. The van der Waals surface area contributed by atoms with Gasteiger partial charge in [-0.2, -0.15) is 0 Å². The second-order valence-corrected chi connectivity index (χ2v) is 6.99. The Kier molecular flexibility index (Phi) is 3.36. The van der Waals surface area contributed by atoms with Crippen molar-refractivity contribution in [2.24, 2.45) is 4.99 Å². The van der Waals surface area contributed by atoms with Gasteiger partial charge in [0.05, 0.1) is 36.0 Å². The Morgan fingerprint density at radius 1 is 1.43 bits per heavy atom. The molecule has 3 rings (SSSR count). The van der Waals surface area contributed by atoms with Crippen LogP contribution >= 0.6 is 0 Å². The highest BCUT2D eigenvalue weighted by Gasteiger charge is 2.21. The number of amidine groups is 1. The van der Waals surface area contributed by atoms with Crippen LogP contribution in [0.25, 0.3) is 10.9 Å². The number of nitrogens with zero attached hydrogens (tertiary/aromatic N) is 2. The lowest BCUT2D eigenvalue weighted by Crippen LogP contribution is -2.23. The molecular weight excluding hydrogens is 290 g/mol. The van der Waals surface area contributed by atoms with Gasteiger partial charge in [0.1, 0.15) is 11.6 Å². The zero-order valence-corrected chi connectivity index (χ0v) is 12.8. The van der Waals surface area contributed by atoms with Crippen LogP contribution in [0.5, 0.6) is 5.75 Å². The third kappa shape index (κ3) is 2.49. The van der Waals surface area contributed by atoms with Gasteiger partial charge < -0.3 is 14.6 Å². The molecule has 0 unspecified atom stereocenters. The summed E-state index contributed by atoms with van der Waals surface area (Å²) in [6.45, 7) is 2.12. The first-order chi connectivity index (χ1) is 10.0. The maximum Gasteiger partial charge on any atom is 0.177 e. The molecule has 2 aromatic rings. The van der Waals surface area contributed by atoms with Crippen LogP contribution in [0.1, 0.15) is 0 Å². The van der Waals surface area contributed by atoms with Crippen molar-refractivity contribution in [2.45, 2.75) is 11.4 Å². The summed E-state index contributed by atoms with van der Waals surface area (Å²) in [6.07, 6.45) is 2.87. The predicted octanol–water partition coefficient (Wildman–Crippen LogP) is 1.06. The van der Waals surface area contributed by atoms with Crippen LogP contribution in [0, 0.1) is 0 Å². The van der Waals surface area contributed by atoms with E-state index in [-0.39, 0.29) is 4.90 Å². The Labute approximate surface area is 123 Å². The van der Waals surface area contributed by atoms with Crippen molar-refractivity contribution in [1.82, 2.24) is 9.88 Å². The summed E-state index contributed by atoms with van der Waals surface area (Å²) in [7, 11) is -1.79. The molecule has 1 aliphatic rings. The van der Waals surface area contributed by atoms with Gasteiger partial charge in [-0.1, -0.05) is 6.07 Å². The van der Waals surface area contributed by atoms with Gasteiger partial charge in [0.25, 0.3) is 0 Å². The van der Waals surface area contributed by atoms with Gasteiger partial charge in [-0.15, -0.1) is 0 Å². The van der Waals surface area contributed by atoms with Crippen molar-refractivity contribution < 1.29 is 13.2 Å². The third-order valence-electron chi connectivity index (χ3n) is 3.52. The van der Waals surface area contributed by atoms with Crippen LogP contribution in [0.2, 0.25) is 0 Å². The summed E-state index contributed by atoms with van der Waals surface area (Å²) in [4.78, 5) is 4.64. The fourth-order valence-electron chi connectivity index (χ4n) is 2.58. The molecule has 1 aliphatic heterocycles. The van der Waals surface area contributed by atoms with Gasteiger partial charge in [-0.25, -0.2) is 8.42 Å². The number of sulfone groups is 1. The number of hydrogen-bond acceptors (Lipinski definition) is 5. The molecule has 1 aromatic carbocycles. The minimum Gasteiger partial charge on any atom is -0.496 e. The van der Waals surface area contributed by atoms with E-state index in [9.17, 15) is 8.42 Å². The monoisotopic (exact) mass is 307 g/mol. The van der Waals surface area contributed by atoms with Crippen molar-refractivity contribution >= 4 is 26.6 Å². The van der Waals surface area contributed by atoms with Crippen molar-refractivity contribution in [3.63, 3.8) is 0 Å². The maximum absolute atomic E-state index is 12.1. The van der Waals surface area contributed by atoms with Gasteiger partial charge >= 0.3 is 0 Å². The zero-order valence-electron chi connectivity index (χ0n) is 12.0. The van der Waals surface area contributed by atoms with Crippen LogP contribution in [-0.4, -0.2) is 45.3 Å². The Morgan fingerprint density at radius 3 is 2.86 bits per heavy atom. The number of rotatable bonds is 4. The van der Waals surface area contributed by atoms with Crippen LogP contribution in [-0.2, 0) is 16.4 Å². The van der Waals surface area contributed by atoms with Gasteiger partial charge in [-0.05, 0) is 12.1 Å². The highest BCUT2D eigenvalue weighted by Crippen LogP contribution is 2.33. The normalized spacial score (nSPS) is 15.0. The topological polar surface area (TPSA) is 72.7 Å². The summed E-state index contributed by atoms with van der Waals surface area (Å²) < 4.78 is 31.3. The standard InChI is InChI=1S/C14H17N3O3S/c1-20-11-5-3-4-10-14(11)12(21(2,18)19)8-17(10)9-13-15-6-7-16-13/h3-5,8H,6-7,9H2,1-2H3,(H,15,16). The van der Waals surface area contributed by atoms with Crippen LogP contribution in [0.4, 0.5) is 0 Å². The molecule has 112 valence electrons. The van der Waals surface area contributed by atoms with Crippen molar-refractivity contribution in [2.75, 3.05) is 26.5 Å². The van der Waals surface area contributed by atoms with Crippen molar-refractivity contribution in [1.29, 1.82) is 0 Å². The number of aliphatic imine (C=N–C) groups is 1. The minimum absolute atomic E-state index is 0.286. The van der Waals surface area contributed by atoms with E-state index >= 15 is 0 Å². The average molecular weight is 307 g/mol.